The number of benzene rings is 1. The molecule has 98 valence electrons. The first-order valence-corrected chi connectivity index (χ1v) is 5.97. The summed E-state index contributed by atoms with van der Waals surface area (Å²) < 4.78 is 11.1. The Bertz CT molecular complexity index is 743. The second kappa shape index (κ2) is 3.85. The van der Waals surface area contributed by atoms with Crippen molar-refractivity contribution in [1.29, 1.82) is 0 Å². The summed E-state index contributed by atoms with van der Waals surface area (Å²) in [5, 5.41) is 13.2. The van der Waals surface area contributed by atoms with Crippen LogP contribution < -0.4 is 10.4 Å². The molecule has 1 aliphatic heterocycles. The van der Waals surface area contributed by atoms with Crippen LogP contribution in [0.3, 0.4) is 0 Å². The number of hydrogen-bond donors (Lipinski definition) is 1. The molecular formula is C14H13NO4. The molecule has 0 amide bonds. The van der Waals surface area contributed by atoms with E-state index in [-0.39, 0.29) is 0 Å². The average molecular weight is 259 g/mol. The van der Waals surface area contributed by atoms with Gasteiger partial charge < -0.3 is 14.4 Å². The molecule has 5 heteroatoms. The molecular weight excluding hydrogens is 246 g/mol. The lowest BCUT2D eigenvalue weighted by molar-refractivity contribution is 0.163. The highest BCUT2D eigenvalue weighted by Gasteiger charge is 2.35. The van der Waals surface area contributed by atoms with Gasteiger partial charge in [0.05, 0.1) is 0 Å². The van der Waals surface area contributed by atoms with E-state index in [1.165, 1.54) is 6.07 Å². The minimum absolute atomic E-state index is 0.392. The predicted octanol–water partition coefficient (Wildman–Crippen LogP) is 2.34. The van der Waals surface area contributed by atoms with Gasteiger partial charge in [0.2, 0.25) is 0 Å². The van der Waals surface area contributed by atoms with E-state index in [0.717, 1.165) is 10.9 Å². The zero-order valence-electron chi connectivity index (χ0n) is 10.6. The van der Waals surface area contributed by atoms with E-state index in [9.17, 15) is 4.79 Å². The molecule has 1 N–H and O–H groups in total. The minimum Gasteiger partial charge on any atom is -0.481 e. The van der Waals surface area contributed by atoms with Gasteiger partial charge in [0, 0.05) is 23.4 Å². The number of hydrogen-bond acceptors (Lipinski definition) is 5. The van der Waals surface area contributed by atoms with Crippen LogP contribution in [0.25, 0.3) is 11.0 Å². The molecule has 0 saturated heterocycles. The molecule has 1 aromatic heterocycles. The first kappa shape index (κ1) is 11.8. The first-order valence-electron chi connectivity index (χ1n) is 5.97. The molecule has 0 atom stereocenters. The van der Waals surface area contributed by atoms with Crippen molar-refractivity contribution in [1.82, 2.24) is 0 Å². The van der Waals surface area contributed by atoms with Crippen molar-refractivity contribution in [3.05, 3.63) is 40.2 Å². The molecule has 0 saturated carbocycles. The van der Waals surface area contributed by atoms with E-state index in [0.29, 0.717) is 23.5 Å². The summed E-state index contributed by atoms with van der Waals surface area (Å²) in [6.45, 7) is 3.66. The van der Waals surface area contributed by atoms with Gasteiger partial charge >= 0.3 is 5.63 Å². The Morgan fingerprint density at radius 3 is 2.74 bits per heavy atom. The van der Waals surface area contributed by atoms with E-state index in [1.807, 2.05) is 26.0 Å². The maximum Gasteiger partial charge on any atom is 0.336 e. The summed E-state index contributed by atoms with van der Waals surface area (Å²) in [5.74, 6) is 0.652. The van der Waals surface area contributed by atoms with Gasteiger partial charge in [-0.3, -0.25) is 0 Å². The average Bonchev–Trinajstić information content (AvgIpc) is 2.36. The van der Waals surface area contributed by atoms with Gasteiger partial charge in [-0.1, -0.05) is 5.16 Å². The molecule has 0 fully saturated rings. The highest BCUT2D eigenvalue weighted by atomic mass is 16.5. The van der Waals surface area contributed by atoms with E-state index in [4.69, 9.17) is 14.4 Å². The van der Waals surface area contributed by atoms with Gasteiger partial charge in [0.15, 0.2) is 0 Å². The second-order valence-corrected chi connectivity index (χ2v) is 5.05. The topological polar surface area (TPSA) is 72.0 Å². The third-order valence-corrected chi connectivity index (χ3v) is 3.37. The highest BCUT2D eigenvalue weighted by molar-refractivity contribution is 5.98. The molecule has 19 heavy (non-hydrogen) atoms. The molecule has 3 rings (SSSR count). The van der Waals surface area contributed by atoms with Gasteiger partial charge in [-0.15, -0.1) is 0 Å². The Morgan fingerprint density at radius 2 is 2.00 bits per heavy atom. The minimum atomic E-state index is -0.676. The highest BCUT2D eigenvalue weighted by Crippen LogP contribution is 2.35. The molecule has 0 bridgehead atoms. The Morgan fingerprint density at radius 1 is 1.26 bits per heavy atom. The largest absolute Gasteiger partial charge is 0.481 e. The van der Waals surface area contributed by atoms with Crippen molar-refractivity contribution in [3.63, 3.8) is 0 Å². The third-order valence-electron chi connectivity index (χ3n) is 3.37. The zero-order chi connectivity index (χ0) is 13.6. The van der Waals surface area contributed by atoms with Gasteiger partial charge in [0.1, 0.15) is 22.6 Å². The van der Waals surface area contributed by atoms with Crippen LogP contribution in [0.4, 0.5) is 0 Å². The van der Waals surface area contributed by atoms with Crippen LogP contribution in [0.2, 0.25) is 0 Å². The Balaban J connectivity index is 2.29. The fourth-order valence-electron chi connectivity index (χ4n) is 2.30. The molecule has 0 unspecified atom stereocenters. The monoisotopic (exact) mass is 259 g/mol. The quantitative estimate of drug-likeness (QED) is 0.448. The van der Waals surface area contributed by atoms with Crippen molar-refractivity contribution in [3.8, 4) is 5.75 Å². The van der Waals surface area contributed by atoms with Crippen molar-refractivity contribution in [2.24, 2.45) is 5.16 Å². The van der Waals surface area contributed by atoms with Crippen molar-refractivity contribution in [2.45, 2.75) is 25.9 Å². The Kier molecular flexibility index (Phi) is 2.38. The number of rotatable bonds is 0. The summed E-state index contributed by atoms with van der Waals surface area (Å²) in [5.41, 5.74) is 0.640. The van der Waals surface area contributed by atoms with Crippen molar-refractivity contribution >= 4 is 16.7 Å². The standard InChI is InChI=1S/C14H13NO4/c1-14(2)11(15-17)7-9-10(19-14)5-3-8-4-6-12(16)18-13(8)9/h3-6,17H,7H2,1-2H3/b15-11-. The van der Waals surface area contributed by atoms with E-state index < -0.39 is 11.2 Å². The zero-order valence-corrected chi connectivity index (χ0v) is 10.6. The summed E-state index contributed by atoms with van der Waals surface area (Å²) >= 11 is 0. The molecule has 0 spiro atoms. The van der Waals surface area contributed by atoms with Crippen LogP contribution in [0.1, 0.15) is 19.4 Å². The van der Waals surface area contributed by atoms with E-state index in [2.05, 4.69) is 5.16 Å². The van der Waals surface area contributed by atoms with Crippen LogP contribution >= 0.6 is 0 Å². The second-order valence-electron chi connectivity index (χ2n) is 5.05. The van der Waals surface area contributed by atoms with Gasteiger partial charge in [0.25, 0.3) is 0 Å². The maximum absolute atomic E-state index is 11.4. The summed E-state index contributed by atoms with van der Waals surface area (Å²) in [6, 6.07) is 6.77. The molecule has 2 heterocycles. The number of ether oxygens (including phenoxy) is 1. The van der Waals surface area contributed by atoms with Gasteiger partial charge in [-0.05, 0) is 32.0 Å². The van der Waals surface area contributed by atoms with Crippen LogP contribution in [0.5, 0.6) is 5.75 Å². The third kappa shape index (κ3) is 1.78. The van der Waals surface area contributed by atoms with E-state index in [1.54, 1.807) is 6.07 Å². The lowest BCUT2D eigenvalue weighted by Crippen LogP contribution is -2.42. The number of oxime groups is 1. The predicted molar refractivity (Wildman–Crippen MR) is 70.1 cm³/mol. The van der Waals surface area contributed by atoms with E-state index >= 15 is 0 Å². The van der Waals surface area contributed by atoms with Crippen LogP contribution in [-0.2, 0) is 6.42 Å². The van der Waals surface area contributed by atoms with Crippen molar-refractivity contribution < 1.29 is 14.4 Å². The summed E-state index contributed by atoms with van der Waals surface area (Å²) in [7, 11) is 0. The molecule has 0 radical (unpaired) electrons. The van der Waals surface area contributed by atoms with Gasteiger partial charge in [-0.25, -0.2) is 4.79 Å². The normalized spacial score (nSPS) is 19.2. The van der Waals surface area contributed by atoms with Crippen LogP contribution in [-0.4, -0.2) is 16.5 Å². The van der Waals surface area contributed by atoms with Gasteiger partial charge in [-0.2, -0.15) is 0 Å². The molecule has 1 aliphatic rings. The summed E-state index contributed by atoms with van der Waals surface area (Å²) in [4.78, 5) is 11.4. The van der Waals surface area contributed by atoms with Crippen LogP contribution in [0.15, 0.2) is 38.6 Å². The fraction of sp³-hybridized carbons (Fsp3) is 0.286. The SMILES string of the molecule is CC1(C)Oc2ccc3ccc(=O)oc3c2C/C1=N/O. The molecule has 2 aromatic rings. The molecule has 1 aromatic carbocycles. The Hall–Kier alpha value is -2.30. The lowest BCUT2D eigenvalue weighted by atomic mass is 9.91. The van der Waals surface area contributed by atoms with Crippen molar-refractivity contribution in [2.75, 3.05) is 0 Å². The summed E-state index contributed by atoms with van der Waals surface area (Å²) in [6.07, 6.45) is 0.392. The lowest BCUT2D eigenvalue weighted by Gasteiger charge is -2.33. The first-order chi connectivity index (χ1) is 9.01. The molecule has 5 nitrogen and oxygen atoms in total. The fourth-order valence-corrected chi connectivity index (χ4v) is 2.30. The number of fused-ring (bicyclic) bond motifs is 3. The Labute approximate surface area is 109 Å². The maximum atomic E-state index is 11.4. The number of nitrogens with zero attached hydrogens (tertiary/aromatic N) is 1. The smallest absolute Gasteiger partial charge is 0.336 e. The molecule has 0 aliphatic carbocycles. The van der Waals surface area contributed by atoms with Crippen LogP contribution in [0, 0.1) is 0 Å².